The van der Waals surface area contributed by atoms with Crippen LogP contribution < -0.4 is 9.46 Å². The molecule has 6 heteroatoms. The average molecular weight is 259 g/mol. The lowest BCUT2D eigenvalue weighted by molar-refractivity contribution is 0.301. The molecule has 0 atom stereocenters. The van der Waals surface area contributed by atoms with E-state index in [1.54, 1.807) is 13.0 Å². The van der Waals surface area contributed by atoms with E-state index in [-0.39, 0.29) is 18.0 Å². The molecule has 0 aliphatic carbocycles. The van der Waals surface area contributed by atoms with Gasteiger partial charge in [0, 0.05) is 6.54 Å². The standard InChI is InChI=1S/C11H17NO4S/c1-8-6-9(2)11(16-3)10(7-8)17(14,15)12-4-5-13/h6-7,12-13H,4-5H2,1-3H3. The van der Waals surface area contributed by atoms with Gasteiger partial charge in [0.15, 0.2) is 0 Å². The lowest BCUT2D eigenvalue weighted by Gasteiger charge is -2.13. The molecule has 0 bridgehead atoms. The summed E-state index contributed by atoms with van der Waals surface area (Å²) in [6.45, 7) is 3.35. The molecule has 0 aliphatic rings. The Morgan fingerprint density at radius 2 is 2.00 bits per heavy atom. The van der Waals surface area contributed by atoms with Crippen molar-refractivity contribution in [2.45, 2.75) is 18.7 Å². The van der Waals surface area contributed by atoms with Gasteiger partial charge in [-0.1, -0.05) is 6.07 Å². The zero-order valence-corrected chi connectivity index (χ0v) is 11.0. The van der Waals surface area contributed by atoms with Crippen LogP contribution in [0.2, 0.25) is 0 Å². The Kier molecular flexibility index (Phi) is 4.50. The van der Waals surface area contributed by atoms with E-state index < -0.39 is 10.0 Å². The Morgan fingerprint density at radius 1 is 1.35 bits per heavy atom. The van der Waals surface area contributed by atoms with Gasteiger partial charge in [-0.25, -0.2) is 13.1 Å². The van der Waals surface area contributed by atoms with Crippen LogP contribution in [0.1, 0.15) is 11.1 Å². The first-order valence-electron chi connectivity index (χ1n) is 5.18. The molecule has 17 heavy (non-hydrogen) atoms. The molecule has 96 valence electrons. The fourth-order valence-electron chi connectivity index (χ4n) is 1.63. The summed E-state index contributed by atoms with van der Waals surface area (Å²) in [5, 5.41) is 8.65. The number of aliphatic hydroxyl groups is 1. The number of ether oxygens (including phenoxy) is 1. The van der Waals surface area contributed by atoms with E-state index in [2.05, 4.69) is 4.72 Å². The predicted molar refractivity (Wildman–Crippen MR) is 64.7 cm³/mol. The van der Waals surface area contributed by atoms with Crippen molar-refractivity contribution in [2.24, 2.45) is 0 Å². The van der Waals surface area contributed by atoms with Crippen molar-refractivity contribution in [3.8, 4) is 5.75 Å². The Labute approximate surface area is 101 Å². The molecule has 0 saturated heterocycles. The van der Waals surface area contributed by atoms with E-state index in [1.807, 2.05) is 13.0 Å². The van der Waals surface area contributed by atoms with Crippen molar-refractivity contribution in [1.29, 1.82) is 0 Å². The first-order chi connectivity index (χ1) is 7.92. The highest BCUT2D eigenvalue weighted by Gasteiger charge is 2.20. The summed E-state index contributed by atoms with van der Waals surface area (Å²) in [6.07, 6.45) is 0. The monoisotopic (exact) mass is 259 g/mol. The van der Waals surface area contributed by atoms with Crippen LogP contribution in [0.25, 0.3) is 0 Å². The molecule has 0 aromatic heterocycles. The molecular weight excluding hydrogens is 242 g/mol. The van der Waals surface area contributed by atoms with Crippen LogP contribution in [0.15, 0.2) is 17.0 Å². The molecule has 0 aliphatic heterocycles. The highest BCUT2D eigenvalue weighted by atomic mass is 32.2. The van der Waals surface area contributed by atoms with Gasteiger partial charge in [-0.15, -0.1) is 0 Å². The Balaban J connectivity index is 3.29. The average Bonchev–Trinajstić information content (AvgIpc) is 2.25. The van der Waals surface area contributed by atoms with Gasteiger partial charge in [-0.05, 0) is 31.0 Å². The molecule has 0 fully saturated rings. The number of nitrogens with one attached hydrogen (secondary N) is 1. The van der Waals surface area contributed by atoms with Crippen LogP contribution in [0, 0.1) is 13.8 Å². The van der Waals surface area contributed by atoms with Crippen LogP contribution in [-0.4, -0.2) is 33.8 Å². The summed E-state index contributed by atoms with van der Waals surface area (Å²) in [5.41, 5.74) is 1.60. The first-order valence-corrected chi connectivity index (χ1v) is 6.66. The molecule has 0 unspecified atom stereocenters. The number of aryl methyl sites for hydroxylation is 2. The summed E-state index contributed by atoms with van der Waals surface area (Å²) >= 11 is 0. The SMILES string of the molecule is COc1c(C)cc(C)cc1S(=O)(=O)NCCO. The van der Waals surface area contributed by atoms with Crippen LogP contribution in [-0.2, 0) is 10.0 Å². The lowest BCUT2D eigenvalue weighted by atomic mass is 10.1. The first kappa shape index (κ1) is 14.0. The molecule has 0 radical (unpaired) electrons. The van der Waals surface area contributed by atoms with Gasteiger partial charge < -0.3 is 9.84 Å². The number of aliphatic hydroxyl groups excluding tert-OH is 1. The van der Waals surface area contributed by atoms with Gasteiger partial charge in [0.2, 0.25) is 10.0 Å². The number of hydrogen-bond acceptors (Lipinski definition) is 4. The molecule has 1 aromatic carbocycles. The maximum Gasteiger partial charge on any atom is 0.244 e. The van der Waals surface area contributed by atoms with Crippen molar-refractivity contribution in [2.75, 3.05) is 20.3 Å². The largest absolute Gasteiger partial charge is 0.495 e. The van der Waals surface area contributed by atoms with Crippen LogP contribution >= 0.6 is 0 Å². The normalized spacial score (nSPS) is 11.5. The maximum atomic E-state index is 12.0. The number of benzene rings is 1. The molecule has 0 heterocycles. The zero-order chi connectivity index (χ0) is 13.1. The van der Waals surface area contributed by atoms with Crippen LogP contribution in [0.4, 0.5) is 0 Å². The summed E-state index contributed by atoms with van der Waals surface area (Å²) < 4.78 is 31.4. The van der Waals surface area contributed by atoms with Crippen molar-refractivity contribution < 1.29 is 18.3 Å². The highest BCUT2D eigenvalue weighted by molar-refractivity contribution is 7.89. The second-order valence-corrected chi connectivity index (χ2v) is 5.47. The number of sulfonamides is 1. The number of rotatable bonds is 5. The molecule has 2 N–H and O–H groups in total. The minimum Gasteiger partial charge on any atom is -0.495 e. The van der Waals surface area contributed by atoms with Crippen molar-refractivity contribution in [1.82, 2.24) is 4.72 Å². The van der Waals surface area contributed by atoms with E-state index in [1.165, 1.54) is 7.11 Å². The van der Waals surface area contributed by atoms with Gasteiger partial charge >= 0.3 is 0 Å². The van der Waals surface area contributed by atoms with Crippen molar-refractivity contribution in [3.05, 3.63) is 23.3 Å². The minimum absolute atomic E-state index is 0.0154. The topological polar surface area (TPSA) is 75.6 Å². The van der Waals surface area contributed by atoms with E-state index in [9.17, 15) is 8.42 Å². The van der Waals surface area contributed by atoms with E-state index in [0.29, 0.717) is 5.75 Å². The lowest BCUT2D eigenvalue weighted by Crippen LogP contribution is -2.27. The molecule has 0 saturated carbocycles. The van der Waals surface area contributed by atoms with Gasteiger partial charge in [0.25, 0.3) is 0 Å². The van der Waals surface area contributed by atoms with E-state index >= 15 is 0 Å². The molecular formula is C11H17NO4S. The number of hydrogen-bond donors (Lipinski definition) is 2. The van der Waals surface area contributed by atoms with Crippen LogP contribution in [0.5, 0.6) is 5.75 Å². The third-order valence-corrected chi connectivity index (χ3v) is 3.75. The second-order valence-electron chi connectivity index (χ2n) is 3.73. The Morgan fingerprint density at radius 3 is 2.53 bits per heavy atom. The number of methoxy groups -OCH3 is 1. The fourth-order valence-corrected chi connectivity index (χ4v) is 2.98. The highest BCUT2D eigenvalue weighted by Crippen LogP contribution is 2.28. The maximum absolute atomic E-state index is 12.0. The fraction of sp³-hybridized carbons (Fsp3) is 0.455. The third kappa shape index (κ3) is 3.18. The van der Waals surface area contributed by atoms with Gasteiger partial charge in [-0.2, -0.15) is 0 Å². The molecule has 0 amide bonds. The molecule has 0 spiro atoms. The summed E-state index contributed by atoms with van der Waals surface area (Å²) in [4.78, 5) is 0.103. The minimum atomic E-state index is -3.65. The second kappa shape index (κ2) is 5.48. The predicted octanol–water partition coefficient (Wildman–Crippen LogP) is 0.583. The third-order valence-electron chi connectivity index (χ3n) is 2.28. The van der Waals surface area contributed by atoms with Gasteiger partial charge in [0.1, 0.15) is 10.6 Å². The molecule has 1 rings (SSSR count). The van der Waals surface area contributed by atoms with Gasteiger partial charge in [0.05, 0.1) is 13.7 Å². The van der Waals surface area contributed by atoms with Crippen LogP contribution in [0.3, 0.4) is 0 Å². The van der Waals surface area contributed by atoms with Gasteiger partial charge in [-0.3, -0.25) is 0 Å². The molecule has 1 aromatic rings. The summed E-state index contributed by atoms with van der Waals surface area (Å²) in [6, 6.07) is 3.40. The smallest absolute Gasteiger partial charge is 0.244 e. The van der Waals surface area contributed by atoms with Crippen molar-refractivity contribution >= 4 is 10.0 Å². The summed E-state index contributed by atoms with van der Waals surface area (Å²) in [7, 11) is -2.21. The Hall–Kier alpha value is -1.11. The van der Waals surface area contributed by atoms with Crippen molar-refractivity contribution in [3.63, 3.8) is 0 Å². The zero-order valence-electron chi connectivity index (χ0n) is 10.1. The Bertz CT molecular complexity index is 496. The van der Waals surface area contributed by atoms with E-state index in [0.717, 1.165) is 11.1 Å². The molecule has 5 nitrogen and oxygen atoms in total. The quantitative estimate of drug-likeness (QED) is 0.811. The summed E-state index contributed by atoms with van der Waals surface area (Å²) in [5.74, 6) is 0.334. The van der Waals surface area contributed by atoms with E-state index in [4.69, 9.17) is 9.84 Å².